The van der Waals surface area contributed by atoms with E-state index >= 15 is 0 Å². The van der Waals surface area contributed by atoms with Gasteiger partial charge in [-0.05, 0) is 38.6 Å². The number of rotatable bonds is 7. The van der Waals surface area contributed by atoms with Crippen molar-refractivity contribution in [2.75, 3.05) is 32.9 Å². The summed E-state index contributed by atoms with van der Waals surface area (Å²) in [7, 11) is 0.164. The van der Waals surface area contributed by atoms with Gasteiger partial charge in [-0.1, -0.05) is 6.92 Å². The Morgan fingerprint density at radius 3 is 2.30 bits per heavy atom. The van der Waals surface area contributed by atoms with Crippen LogP contribution in [0.4, 0.5) is 0 Å². The van der Waals surface area contributed by atoms with Gasteiger partial charge >= 0.3 is 0 Å². The maximum Gasteiger partial charge on any atom is 0.214 e. The summed E-state index contributed by atoms with van der Waals surface area (Å²) in [5.74, 6) is 0.250. The molecule has 0 aromatic carbocycles. The predicted molar refractivity (Wildman–Crippen MR) is 82.3 cm³/mol. The van der Waals surface area contributed by atoms with E-state index in [-0.39, 0.29) is 5.75 Å². The second kappa shape index (κ2) is 6.73. The Morgan fingerprint density at radius 1 is 1.20 bits per heavy atom. The van der Waals surface area contributed by atoms with E-state index in [0.29, 0.717) is 24.7 Å². The van der Waals surface area contributed by atoms with Gasteiger partial charge in [-0.2, -0.15) is 0 Å². The summed E-state index contributed by atoms with van der Waals surface area (Å²) in [5, 5.41) is 3.63. The molecular formula is C14H29N3O2S. The molecule has 0 radical (unpaired) electrons. The molecule has 0 aromatic heterocycles. The highest BCUT2D eigenvalue weighted by molar-refractivity contribution is 7.89. The Kier molecular flexibility index (Phi) is 5.45. The van der Waals surface area contributed by atoms with Gasteiger partial charge in [0, 0.05) is 38.8 Å². The number of hydrogen-bond acceptors (Lipinski definition) is 4. The standard InChI is InChI=1S/C14H29N3O2S/c1-4-7-15-12-10-13-5-6-14(11-12)17(13)8-9-20(18,19)16(2)3/h12-15H,4-11H2,1-3H3. The Balaban J connectivity index is 1.87. The van der Waals surface area contributed by atoms with Crippen LogP contribution in [-0.2, 0) is 10.0 Å². The van der Waals surface area contributed by atoms with Crippen LogP contribution in [0.25, 0.3) is 0 Å². The van der Waals surface area contributed by atoms with E-state index in [1.165, 1.54) is 36.4 Å². The minimum Gasteiger partial charge on any atom is -0.314 e. The van der Waals surface area contributed by atoms with Crippen molar-refractivity contribution in [3.05, 3.63) is 0 Å². The number of fused-ring (bicyclic) bond motifs is 2. The van der Waals surface area contributed by atoms with Crippen LogP contribution in [0.1, 0.15) is 39.0 Å². The molecule has 2 rings (SSSR count). The highest BCUT2D eigenvalue weighted by Crippen LogP contribution is 2.35. The lowest BCUT2D eigenvalue weighted by molar-refractivity contribution is 0.124. The molecule has 0 amide bonds. The largest absolute Gasteiger partial charge is 0.314 e. The first-order valence-electron chi connectivity index (χ1n) is 7.83. The van der Waals surface area contributed by atoms with Gasteiger partial charge in [0.15, 0.2) is 0 Å². The summed E-state index contributed by atoms with van der Waals surface area (Å²) in [5.41, 5.74) is 0. The lowest BCUT2D eigenvalue weighted by Crippen LogP contribution is -2.50. The highest BCUT2D eigenvalue weighted by atomic mass is 32.2. The topological polar surface area (TPSA) is 52.7 Å². The van der Waals surface area contributed by atoms with Crippen LogP contribution < -0.4 is 5.32 Å². The van der Waals surface area contributed by atoms with Crippen LogP contribution in [0.15, 0.2) is 0 Å². The van der Waals surface area contributed by atoms with E-state index in [9.17, 15) is 8.42 Å². The molecule has 2 atom stereocenters. The first kappa shape index (κ1) is 16.2. The molecule has 5 nitrogen and oxygen atoms in total. The molecule has 2 saturated heterocycles. The molecule has 2 aliphatic rings. The Bertz CT molecular complexity index is 397. The average Bonchev–Trinajstić information content (AvgIpc) is 2.63. The predicted octanol–water partition coefficient (Wildman–Crippen LogP) is 0.873. The SMILES string of the molecule is CCCNC1CC2CCC(C1)N2CCS(=O)(=O)N(C)C. The molecule has 2 unspecified atom stereocenters. The lowest BCUT2D eigenvalue weighted by atomic mass is 9.97. The molecular weight excluding hydrogens is 274 g/mol. The van der Waals surface area contributed by atoms with Crippen LogP contribution in [0.5, 0.6) is 0 Å². The van der Waals surface area contributed by atoms with Gasteiger partial charge in [-0.25, -0.2) is 12.7 Å². The van der Waals surface area contributed by atoms with Crippen molar-refractivity contribution in [3.8, 4) is 0 Å². The van der Waals surface area contributed by atoms with E-state index in [1.807, 2.05) is 0 Å². The number of sulfonamides is 1. The molecule has 20 heavy (non-hydrogen) atoms. The van der Waals surface area contributed by atoms with Crippen molar-refractivity contribution in [2.24, 2.45) is 0 Å². The first-order valence-corrected chi connectivity index (χ1v) is 9.44. The van der Waals surface area contributed by atoms with Crippen molar-refractivity contribution in [1.29, 1.82) is 0 Å². The van der Waals surface area contributed by atoms with Crippen molar-refractivity contribution in [3.63, 3.8) is 0 Å². The van der Waals surface area contributed by atoms with Crippen LogP contribution in [0.2, 0.25) is 0 Å². The maximum absolute atomic E-state index is 11.9. The second-order valence-electron chi connectivity index (χ2n) is 6.34. The quantitative estimate of drug-likeness (QED) is 0.758. The van der Waals surface area contributed by atoms with Crippen molar-refractivity contribution in [1.82, 2.24) is 14.5 Å². The molecule has 1 N–H and O–H groups in total. The molecule has 2 fully saturated rings. The molecule has 6 heteroatoms. The third-order valence-electron chi connectivity index (χ3n) is 4.73. The Morgan fingerprint density at radius 2 is 1.80 bits per heavy atom. The van der Waals surface area contributed by atoms with E-state index in [0.717, 1.165) is 6.54 Å². The van der Waals surface area contributed by atoms with E-state index in [4.69, 9.17) is 0 Å². The van der Waals surface area contributed by atoms with Gasteiger partial charge in [0.25, 0.3) is 0 Å². The zero-order chi connectivity index (χ0) is 14.8. The van der Waals surface area contributed by atoms with Crippen LogP contribution in [0.3, 0.4) is 0 Å². The fourth-order valence-corrected chi connectivity index (χ4v) is 4.36. The van der Waals surface area contributed by atoms with E-state index in [2.05, 4.69) is 17.1 Å². The van der Waals surface area contributed by atoms with Crippen LogP contribution >= 0.6 is 0 Å². The third-order valence-corrected chi connectivity index (χ3v) is 6.54. The molecule has 0 aromatic rings. The zero-order valence-corrected chi connectivity index (χ0v) is 13.8. The maximum atomic E-state index is 11.9. The summed E-state index contributed by atoms with van der Waals surface area (Å²) in [6.45, 7) is 3.98. The monoisotopic (exact) mass is 303 g/mol. The minimum atomic E-state index is -3.07. The molecule has 0 saturated carbocycles. The van der Waals surface area contributed by atoms with Gasteiger partial charge < -0.3 is 5.32 Å². The fourth-order valence-electron chi connectivity index (χ4n) is 3.56. The number of nitrogens with zero attached hydrogens (tertiary/aromatic N) is 2. The molecule has 2 bridgehead atoms. The van der Waals surface area contributed by atoms with Gasteiger partial charge in [0.05, 0.1) is 5.75 Å². The number of piperidine rings is 1. The van der Waals surface area contributed by atoms with Crippen molar-refractivity contribution in [2.45, 2.75) is 57.2 Å². The summed E-state index contributed by atoms with van der Waals surface area (Å²) in [6, 6.07) is 1.80. The number of nitrogens with one attached hydrogen (secondary N) is 1. The summed E-state index contributed by atoms with van der Waals surface area (Å²) < 4.78 is 25.1. The second-order valence-corrected chi connectivity index (χ2v) is 8.65. The smallest absolute Gasteiger partial charge is 0.214 e. The van der Waals surface area contributed by atoms with Crippen molar-refractivity contribution < 1.29 is 8.42 Å². The molecule has 118 valence electrons. The number of hydrogen-bond donors (Lipinski definition) is 1. The Labute approximate surface area is 123 Å². The summed E-state index contributed by atoms with van der Waals surface area (Å²) in [6.07, 6.45) is 6.00. The highest BCUT2D eigenvalue weighted by Gasteiger charge is 2.40. The van der Waals surface area contributed by atoms with Crippen LogP contribution in [0, 0.1) is 0 Å². The fraction of sp³-hybridized carbons (Fsp3) is 1.00. The van der Waals surface area contributed by atoms with Gasteiger partial charge in [-0.15, -0.1) is 0 Å². The molecule has 0 aliphatic carbocycles. The molecule has 2 heterocycles. The summed E-state index contributed by atoms with van der Waals surface area (Å²) in [4.78, 5) is 2.45. The lowest BCUT2D eigenvalue weighted by Gasteiger charge is -2.39. The zero-order valence-electron chi connectivity index (χ0n) is 13.0. The van der Waals surface area contributed by atoms with E-state index < -0.39 is 10.0 Å². The normalized spacial score (nSPS) is 31.1. The van der Waals surface area contributed by atoms with Gasteiger partial charge in [-0.3, -0.25) is 4.90 Å². The first-order chi connectivity index (χ1) is 9.44. The third kappa shape index (κ3) is 3.72. The average molecular weight is 303 g/mol. The Hall–Kier alpha value is -0.170. The van der Waals surface area contributed by atoms with Crippen LogP contribution in [-0.4, -0.2) is 68.7 Å². The molecule has 2 aliphatic heterocycles. The van der Waals surface area contributed by atoms with Gasteiger partial charge in [0.1, 0.15) is 0 Å². The van der Waals surface area contributed by atoms with Gasteiger partial charge in [0.2, 0.25) is 10.0 Å². The summed E-state index contributed by atoms with van der Waals surface area (Å²) >= 11 is 0. The minimum absolute atomic E-state index is 0.250. The van der Waals surface area contributed by atoms with Crippen molar-refractivity contribution >= 4 is 10.0 Å². The molecule has 0 spiro atoms. The van der Waals surface area contributed by atoms with E-state index in [1.54, 1.807) is 14.1 Å².